The van der Waals surface area contributed by atoms with Crippen LogP contribution in [0.15, 0.2) is 28.9 Å². The van der Waals surface area contributed by atoms with E-state index in [1.165, 1.54) is 18.3 Å². The number of pyridine rings is 2. The molecule has 8 nitrogen and oxygen atoms in total. The topological polar surface area (TPSA) is 87.4 Å². The van der Waals surface area contributed by atoms with E-state index < -0.39 is 11.9 Å². The zero-order chi connectivity index (χ0) is 22.2. The van der Waals surface area contributed by atoms with Crippen molar-refractivity contribution in [2.75, 3.05) is 36.4 Å². The number of nitrogens with one attached hydrogen (secondary N) is 1. The van der Waals surface area contributed by atoms with Gasteiger partial charge in [-0.15, -0.1) is 0 Å². The van der Waals surface area contributed by atoms with Crippen LogP contribution in [0.3, 0.4) is 0 Å². The minimum absolute atomic E-state index is 0.233. The number of urea groups is 1. The molecule has 4 heterocycles. The maximum absolute atomic E-state index is 13.0. The smallest absolute Gasteiger partial charge is 0.359 e. The molecule has 0 spiro atoms. The summed E-state index contributed by atoms with van der Waals surface area (Å²) in [7, 11) is 0. The summed E-state index contributed by atoms with van der Waals surface area (Å²) in [6.07, 6.45) is -2.37. The van der Waals surface area contributed by atoms with Gasteiger partial charge in [-0.1, -0.05) is 5.16 Å². The number of rotatable bonds is 2. The molecule has 1 fully saturated rings. The van der Waals surface area contributed by atoms with E-state index in [-0.39, 0.29) is 11.5 Å². The van der Waals surface area contributed by atoms with Crippen molar-refractivity contribution < 1.29 is 22.5 Å². The molecule has 0 aromatic carbocycles. The van der Waals surface area contributed by atoms with Gasteiger partial charge in [-0.25, -0.2) is 14.8 Å². The van der Waals surface area contributed by atoms with Crippen LogP contribution in [0.5, 0.6) is 0 Å². The van der Waals surface area contributed by atoms with E-state index >= 15 is 0 Å². The van der Waals surface area contributed by atoms with Gasteiger partial charge < -0.3 is 19.6 Å². The van der Waals surface area contributed by atoms with E-state index in [1.807, 2.05) is 4.90 Å². The molecule has 0 radical (unpaired) electrons. The van der Waals surface area contributed by atoms with Crippen molar-refractivity contribution in [2.24, 2.45) is 0 Å². The summed E-state index contributed by atoms with van der Waals surface area (Å²) in [6.45, 7) is 5.55. The van der Waals surface area contributed by atoms with Crippen LogP contribution in [0.25, 0.3) is 10.9 Å². The fourth-order valence-corrected chi connectivity index (χ4v) is 3.63. The number of hydrogen-bond donors (Lipinski definition) is 1. The van der Waals surface area contributed by atoms with Gasteiger partial charge in [0.1, 0.15) is 22.9 Å². The second-order valence-electron chi connectivity index (χ2n) is 7.35. The zero-order valence-electron chi connectivity index (χ0n) is 17.0. The van der Waals surface area contributed by atoms with Crippen LogP contribution in [0.4, 0.5) is 29.5 Å². The predicted molar refractivity (Wildman–Crippen MR) is 108 cm³/mol. The number of carbonyl (C=O) groups is 1. The SMILES string of the molecule is Cc1noc(C)c1NC(=O)N1CCCN(c2nccc3nc(C(F)(F)F)ccc23)CC1. The molecule has 0 atom stereocenters. The van der Waals surface area contributed by atoms with Gasteiger partial charge in [-0.3, -0.25) is 0 Å². The summed E-state index contributed by atoms with van der Waals surface area (Å²) >= 11 is 0. The molecule has 1 aliphatic rings. The lowest BCUT2D eigenvalue weighted by Crippen LogP contribution is -2.38. The Labute approximate surface area is 176 Å². The fourth-order valence-electron chi connectivity index (χ4n) is 3.63. The van der Waals surface area contributed by atoms with Crippen LogP contribution in [0.2, 0.25) is 0 Å². The number of nitrogens with zero attached hydrogens (tertiary/aromatic N) is 5. The Morgan fingerprint density at radius 1 is 1.13 bits per heavy atom. The first-order valence-electron chi connectivity index (χ1n) is 9.81. The van der Waals surface area contributed by atoms with Gasteiger partial charge >= 0.3 is 12.2 Å². The van der Waals surface area contributed by atoms with Crippen molar-refractivity contribution in [3.63, 3.8) is 0 Å². The van der Waals surface area contributed by atoms with E-state index in [2.05, 4.69) is 20.4 Å². The summed E-state index contributed by atoms with van der Waals surface area (Å²) in [5.41, 5.74) is 0.466. The predicted octanol–water partition coefficient (Wildman–Crippen LogP) is 4.00. The van der Waals surface area contributed by atoms with Crippen molar-refractivity contribution in [2.45, 2.75) is 26.4 Å². The number of amides is 2. The third-order valence-corrected chi connectivity index (χ3v) is 5.23. The third kappa shape index (κ3) is 4.25. The van der Waals surface area contributed by atoms with E-state index in [0.717, 1.165) is 6.07 Å². The summed E-state index contributed by atoms with van der Waals surface area (Å²) in [6, 6.07) is 3.59. The van der Waals surface area contributed by atoms with Gasteiger partial charge in [0.25, 0.3) is 0 Å². The van der Waals surface area contributed by atoms with Gasteiger partial charge in [0.15, 0.2) is 5.76 Å². The maximum atomic E-state index is 13.0. The molecule has 3 aromatic rings. The van der Waals surface area contributed by atoms with Crippen molar-refractivity contribution in [1.82, 2.24) is 20.0 Å². The standard InChI is InChI=1S/C20H21F3N6O2/c1-12-17(13(2)31-27-12)26-19(30)29-9-3-8-28(10-11-29)18-14-4-5-16(20(21,22)23)25-15(14)6-7-24-18/h4-7H,3,8-11H2,1-2H3,(H,26,30). The molecule has 1 saturated heterocycles. The van der Waals surface area contributed by atoms with Crippen LogP contribution in [0.1, 0.15) is 23.6 Å². The average molecular weight is 434 g/mol. The molecule has 3 aromatic heterocycles. The first-order valence-corrected chi connectivity index (χ1v) is 9.81. The van der Waals surface area contributed by atoms with Gasteiger partial charge in [0.2, 0.25) is 0 Å². The van der Waals surface area contributed by atoms with Gasteiger partial charge in [-0.05, 0) is 38.5 Å². The minimum Gasteiger partial charge on any atom is -0.359 e. The molecule has 0 unspecified atom stereocenters. The van der Waals surface area contributed by atoms with Gasteiger partial charge in [-0.2, -0.15) is 13.2 Å². The van der Waals surface area contributed by atoms with Gasteiger partial charge in [0, 0.05) is 37.8 Å². The number of alkyl halides is 3. The molecule has 4 rings (SSSR count). The fraction of sp³-hybridized carbons (Fsp3) is 0.400. The number of aryl methyl sites for hydroxylation is 2. The lowest BCUT2D eigenvalue weighted by molar-refractivity contribution is -0.140. The van der Waals surface area contributed by atoms with Crippen molar-refractivity contribution in [1.29, 1.82) is 0 Å². The van der Waals surface area contributed by atoms with Crippen molar-refractivity contribution >= 4 is 28.4 Å². The largest absolute Gasteiger partial charge is 0.433 e. The quantitative estimate of drug-likeness (QED) is 0.656. The lowest BCUT2D eigenvalue weighted by atomic mass is 10.2. The molecule has 2 amide bonds. The Morgan fingerprint density at radius 3 is 2.65 bits per heavy atom. The molecule has 1 N–H and O–H groups in total. The van der Waals surface area contributed by atoms with Crippen LogP contribution < -0.4 is 10.2 Å². The average Bonchev–Trinajstić information content (AvgIpc) is 2.94. The zero-order valence-corrected chi connectivity index (χ0v) is 17.0. The second kappa shape index (κ2) is 8.05. The van der Waals surface area contributed by atoms with E-state index in [0.29, 0.717) is 60.9 Å². The Bertz CT molecular complexity index is 1090. The number of halogens is 3. The van der Waals surface area contributed by atoms with Crippen LogP contribution in [-0.2, 0) is 6.18 Å². The highest BCUT2D eigenvalue weighted by Crippen LogP contribution is 2.31. The lowest BCUT2D eigenvalue weighted by Gasteiger charge is -2.24. The van der Waals surface area contributed by atoms with Crippen molar-refractivity contribution in [3.8, 4) is 0 Å². The highest BCUT2D eigenvalue weighted by Gasteiger charge is 2.33. The monoisotopic (exact) mass is 434 g/mol. The molecule has 0 bridgehead atoms. The molecular formula is C20H21F3N6O2. The first-order chi connectivity index (χ1) is 14.7. The number of anilines is 2. The molecular weight excluding hydrogens is 413 g/mol. The molecule has 1 aliphatic heterocycles. The first kappa shape index (κ1) is 20.9. The Balaban J connectivity index is 1.51. The summed E-state index contributed by atoms with van der Waals surface area (Å²) in [5, 5.41) is 7.22. The minimum atomic E-state index is -4.50. The number of aromatic nitrogens is 3. The molecule has 164 valence electrons. The van der Waals surface area contributed by atoms with Crippen LogP contribution in [0, 0.1) is 13.8 Å². The highest BCUT2D eigenvalue weighted by molar-refractivity contribution is 5.91. The van der Waals surface area contributed by atoms with E-state index in [1.54, 1.807) is 18.7 Å². The third-order valence-electron chi connectivity index (χ3n) is 5.23. The Hall–Kier alpha value is -3.37. The molecule has 0 aliphatic carbocycles. The Morgan fingerprint density at radius 2 is 1.94 bits per heavy atom. The maximum Gasteiger partial charge on any atom is 0.433 e. The van der Waals surface area contributed by atoms with Crippen LogP contribution in [-0.4, -0.2) is 52.2 Å². The second-order valence-corrected chi connectivity index (χ2v) is 7.35. The number of fused-ring (bicyclic) bond motifs is 1. The Kier molecular flexibility index (Phi) is 5.42. The van der Waals surface area contributed by atoms with E-state index in [4.69, 9.17) is 4.52 Å². The molecule has 0 saturated carbocycles. The molecule has 11 heteroatoms. The van der Waals surface area contributed by atoms with Crippen LogP contribution >= 0.6 is 0 Å². The number of hydrogen-bond acceptors (Lipinski definition) is 6. The number of carbonyl (C=O) groups excluding carboxylic acids is 1. The normalized spacial score (nSPS) is 15.3. The van der Waals surface area contributed by atoms with E-state index in [9.17, 15) is 18.0 Å². The molecule has 31 heavy (non-hydrogen) atoms. The summed E-state index contributed by atoms with van der Waals surface area (Å²) in [5.74, 6) is 1.10. The van der Waals surface area contributed by atoms with Crippen molar-refractivity contribution in [3.05, 3.63) is 41.5 Å². The highest BCUT2D eigenvalue weighted by atomic mass is 19.4. The summed E-state index contributed by atoms with van der Waals surface area (Å²) in [4.78, 5) is 24.5. The summed E-state index contributed by atoms with van der Waals surface area (Å²) < 4.78 is 44.0. The van der Waals surface area contributed by atoms with Gasteiger partial charge in [0.05, 0.1) is 5.52 Å².